The molecule has 1 aliphatic rings. The molecule has 3 nitrogen and oxygen atoms in total. The highest BCUT2D eigenvalue weighted by molar-refractivity contribution is 9.10. The van der Waals surface area contributed by atoms with Crippen LogP contribution in [0.5, 0.6) is 0 Å². The lowest BCUT2D eigenvalue weighted by Gasteiger charge is -2.27. The highest BCUT2D eigenvalue weighted by Gasteiger charge is 2.52. The van der Waals surface area contributed by atoms with E-state index in [1.165, 1.54) is 0 Å². The van der Waals surface area contributed by atoms with Crippen molar-refractivity contribution in [2.24, 2.45) is 5.92 Å². The lowest BCUT2D eigenvalue weighted by molar-refractivity contribution is -0.125. The molecule has 0 radical (unpaired) electrons. The zero-order chi connectivity index (χ0) is 15.9. The van der Waals surface area contributed by atoms with Gasteiger partial charge in [-0.05, 0) is 48.9 Å². The molecule has 1 aromatic carbocycles. The molecule has 0 aromatic heterocycles. The van der Waals surface area contributed by atoms with Crippen LogP contribution < -0.4 is 5.32 Å². The van der Waals surface area contributed by atoms with Crippen LogP contribution in [-0.4, -0.2) is 17.2 Å². The zero-order valence-electron chi connectivity index (χ0n) is 13.2. The largest absolute Gasteiger partial charge is 0.343 e. The first-order valence-corrected chi connectivity index (χ1v) is 8.16. The van der Waals surface area contributed by atoms with Gasteiger partial charge in [-0.15, -0.1) is 0 Å². The predicted molar refractivity (Wildman–Crippen MR) is 87.4 cm³/mol. The SMILES string of the molecule is CCc1cc(C)cc(Br)c1C1C(=O)NC(C)(C(C)C)C1=O. The minimum atomic E-state index is -0.781. The van der Waals surface area contributed by atoms with Crippen LogP contribution in [-0.2, 0) is 16.0 Å². The van der Waals surface area contributed by atoms with Crippen molar-refractivity contribution >= 4 is 27.6 Å². The van der Waals surface area contributed by atoms with Gasteiger partial charge in [0.15, 0.2) is 5.78 Å². The molecular weight excluding hydrogens is 330 g/mol. The minimum Gasteiger partial charge on any atom is -0.343 e. The summed E-state index contributed by atoms with van der Waals surface area (Å²) >= 11 is 3.55. The molecule has 1 heterocycles. The van der Waals surface area contributed by atoms with E-state index in [1.54, 1.807) is 0 Å². The highest BCUT2D eigenvalue weighted by atomic mass is 79.9. The maximum Gasteiger partial charge on any atom is 0.236 e. The number of halogens is 1. The Morgan fingerprint density at radius 2 is 1.95 bits per heavy atom. The normalized spacial score (nSPS) is 25.6. The second-order valence-corrected chi connectivity index (χ2v) is 7.17. The second-order valence-electron chi connectivity index (χ2n) is 6.32. The summed E-state index contributed by atoms with van der Waals surface area (Å²) in [4.78, 5) is 25.3. The molecule has 0 aliphatic carbocycles. The van der Waals surface area contributed by atoms with Crippen LogP contribution in [0.4, 0.5) is 0 Å². The van der Waals surface area contributed by atoms with Crippen molar-refractivity contribution in [3.8, 4) is 0 Å². The maximum atomic E-state index is 12.9. The van der Waals surface area contributed by atoms with E-state index in [2.05, 4.69) is 27.3 Å². The van der Waals surface area contributed by atoms with Crippen LogP contribution in [0, 0.1) is 12.8 Å². The van der Waals surface area contributed by atoms with Gasteiger partial charge >= 0.3 is 0 Å². The molecule has 1 fully saturated rings. The van der Waals surface area contributed by atoms with Crippen LogP contribution in [0.1, 0.15) is 50.3 Å². The number of ketones is 1. The molecule has 0 saturated carbocycles. The van der Waals surface area contributed by atoms with Crippen LogP contribution in [0.15, 0.2) is 16.6 Å². The van der Waals surface area contributed by atoms with Gasteiger partial charge in [-0.1, -0.05) is 42.8 Å². The number of hydrogen-bond donors (Lipinski definition) is 1. The Morgan fingerprint density at radius 1 is 1.33 bits per heavy atom. The Bertz CT molecular complexity index is 609. The quantitative estimate of drug-likeness (QED) is 0.846. The summed E-state index contributed by atoms with van der Waals surface area (Å²) in [6.45, 7) is 9.81. The molecule has 0 bridgehead atoms. The fourth-order valence-corrected chi connectivity index (χ4v) is 3.79. The summed E-state index contributed by atoms with van der Waals surface area (Å²) < 4.78 is 0.848. The maximum absolute atomic E-state index is 12.9. The van der Waals surface area contributed by atoms with Gasteiger partial charge in [0, 0.05) is 4.47 Å². The lowest BCUT2D eigenvalue weighted by Crippen LogP contribution is -2.48. The van der Waals surface area contributed by atoms with Gasteiger partial charge < -0.3 is 5.32 Å². The Hall–Kier alpha value is -1.16. The molecule has 0 spiro atoms. The summed E-state index contributed by atoms with van der Waals surface area (Å²) in [6, 6.07) is 4.03. The lowest BCUT2D eigenvalue weighted by atomic mass is 9.80. The number of hydrogen-bond acceptors (Lipinski definition) is 2. The number of nitrogens with one attached hydrogen (secondary N) is 1. The number of rotatable bonds is 3. The van der Waals surface area contributed by atoms with Crippen LogP contribution in [0.2, 0.25) is 0 Å². The Kier molecular flexibility index (Phi) is 4.29. The molecule has 2 atom stereocenters. The fraction of sp³-hybridized carbons (Fsp3) is 0.529. The minimum absolute atomic E-state index is 0.0262. The summed E-state index contributed by atoms with van der Waals surface area (Å²) in [5, 5.41) is 2.91. The predicted octanol–water partition coefficient (Wildman–Crippen LogP) is 3.52. The molecular formula is C17H22BrNO2. The van der Waals surface area contributed by atoms with Crippen LogP contribution >= 0.6 is 15.9 Å². The first-order chi connectivity index (χ1) is 9.72. The highest BCUT2D eigenvalue weighted by Crippen LogP contribution is 2.39. The molecule has 1 amide bonds. The smallest absolute Gasteiger partial charge is 0.236 e. The number of amides is 1. The number of benzene rings is 1. The number of aryl methyl sites for hydroxylation is 2. The zero-order valence-corrected chi connectivity index (χ0v) is 14.8. The fourth-order valence-electron chi connectivity index (χ4n) is 2.94. The molecule has 1 aromatic rings. The first-order valence-electron chi connectivity index (χ1n) is 7.37. The average Bonchev–Trinajstić information content (AvgIpc) is 2.61. The van der Waals surface area contributed by atoms with Crippen molar-refractivity contribution in [1.29, 1.82) is 0 Å². The van der Waals surface area contributed by atoms with E-state index >= 15 is 0 Å². The third-order valence-corrected chi connectivity index (χ3v) is 5.26. The van der Waals surface area contributed by atoms with Crippen LogP contribution in [0.25, 0.3) is 0 Å². The Labute approximate surface area is 134 Å². The van der Waals surface area contributed by atoms with E-state index in [9.17, 15) is 9.59 Å². The van der Waals surface area contributed by atoms with E-state index in [4.69, 9.17) is 0 Å². The third-order valence-electron chi connectivity index (χ3n) is 4.60. The molecule has 1 saturated heterocycles. The average molecular weight is 352 g/mol. The Balaban J connectivity index is 2.58. The summed E-state index contributed by atoms with van der Waals surface area (Å²) in [7, 11) is 0. The van der Waals surface area contributed by atoms with E-state index in [0.29, 0.717) is 0 Å². The van der Waals surface area contributed by atoms with E-state index in [-0.39, 0.29) is 17.6 Å². The van der Waals surface area contributed by atoms with Crippen molar-refractivity contribution in [3.63, 3.8) is 0 Å². The summed E-state index contributed by atoms with van der Waals surface area (Å²) in [5.41, 5.74) is 2.23. The number of carbonyl (C=O) groups is 2. The molecule has 2 unspecified atom stereocenters. The van der Waals surface area contributed by atoms with Crippen molar-refractivity contribution in [3.05, 3.63) is 33.3 Å². The number of carbonyl (C=O) groups excluding carboxylic acids is 2. The standard InChI is InChI=1S/C17H22BrNO2/c1-6-11-7-10(4)8-12(18)13(11)14-15(20)17(5,9(2)3)19-16(14)21/h7-9,14H,6H2,1-5H3,(H,19,21). The van der Waals surface area contributed by atoms with E-state index < -0.39 is 11.5 Å². The van der Waals surface area contributed by atoms with Gasteiger partial charge in [-0.2, -0.15) is 0 Å². The molecule has 1 aliphatic heterocycles. The number of Topliss-reactive ketones (excluding diaryl/α,β-unsaturated/α-hetero) is 1. The van der Waals surface area contributed by atoms with Crippen molar-refractivity contribution in [1.82, 2.24) is 5.32 Å². The van der Waals surface area contributed by atoms with Gasteiger partial charge in [0.1, 0.15) is 5.92 Å². The van der Waals surface area contributed by atoms with Crippen molar-refractivity contribution in [2.75, 3.05) is 0 Å². The van der Waals surface area contributed by atoms with Gasteiger partial charge in [-0.25, -0.2) is 0 Å². The molecule has 114 valence electrons. The van der Waals surface area contributed by atoms with Crippen molar-refractivity contribution < 1.29 is 9.59 Å². The summed E-state index contributed by atoms with van der Waals surface area (Å²) in [6.07, 6.45) is 0.797. The van der Waals surface area contributed by atoms with Crippen LogP contribution in [0.3, 0.4) is 0 Å². The second kappa shape index (κ2) is 5.56. The third kappa shape index (κ3) is 2.54. The van der Waals surface area contributed by atoms with E-state index in [0.717, 1.165) is 27.6 Å². The molecule has 1 N–H and O–H groups in total. The van der Waals surface area contributed by atoms with Crippen molar-refractivity contribution in [2.45, 2.75) is 52.5 Å². The van der Waals surface area contributed by atoms with E-state index in [1.807, 2.05) is 40.7 Å². The summed E-state index contributed by atoms with van der Waals surface area (Å²) in [5.74, 6) is -0.854. The van der Waals surface area contributed by atoms with Gasteiger partial charge in [-0.3, -0.25) is 9.59 Å². The molecule has 4 heteroatoms. The Morgan fingerprint density at radius 3 is 2.43 bits per heavy atom. The van der Waals surface area contributed by atoms with Gasteiger partial charge in [0.2, 0.25) is 5.91 Å². The first kappa shape index (κ1) is 16.2. The molecule has 21 heavy (non-hydrogen) atoms. The monoisotopic (exact) mass is 351 g/mol. The topological polar surface area (TPSA) is 46.2 Å². The van der Waals surface area contributed by atoms with Gasteiger partial charge in [0.05, 0.1) is 5.54 Å². The molecule has 2 rings (SSSR count). The van der Waals surface area contributed by atoms with Gasteiger partial charge in [0.25, 0.3) is 0 Å².